The highest BCUT2D eigenvalue weighted by Gasteiger charge is 2.33. The Morgan fingerprint density at radius 1 is 0.386 bits per heavy atom. The van der Waals surface area contributed by atoms with Gasteiger partial charge in [0.05, 0.1) is 5.56 Å². The van der Waals surface area contributed by atoms with Gasteiger partial charge in [-0.15, -0.1) is 13.2 Å². The van der Waals surface area contributed by atoms with Crippen LogP contribution in [0.4, 0.5) is 26.3 Å². The molecule has 0 atom stereocenters. The van der Waals surface area contributed by atoms with E-state index in [0.717, 1.165) is 35.4 Å². The van der Waals surface area contributed by atoms with Crippen molar-refractivity contribution in [2.24, 2.45) is 0 Å². The molecule has 0 radical (unpaired) electrons. The Labute approximate surface area is 511 Å². The van der Waals surface area contributed by atoms with Gasteiger partial charge in [-0.2, -0.15) is 13.2 Å². The molecular formula is C65H69ClF6O16. The van der Waals surface area contributed by atoms with E-state index < -0.39 is 52.8 Å². The lowest BCUT2D eigenvalue weighted by atomic mass is 10.1. The summed E-state index contributed by atoms with van der Waals surface area (Å²) in [6.07, 6.45) is -9.14. The lowest BCUT2D eigenvalue weighted by molar-refractivity contribution is -0.274. The van der Waals surface area contributed by atoms with Crippen molar-refractivity contribution in [2.75, 3.05) is 39.6 Å². The molecule has 0 unspecified atom stereocenters. The normalized spacial score (nSPS) is 11.4. The maximum Gasteiger partial charge on any atom is 0.573 e. The summed E-state index contributed by atoms with van der Waals surface area (Å²) in [6, 6.07) is 31.7. The number of carboxylic acid groups (broad SMARTS) is 3. The molecule has 0 fully saturated rings. The number of carboxylic acids is 3. The molecule has 0 aliphatic carbocycles. The van der Waals surface area contributed by atoms with Crippen molar-refractivity contribution in [3.05, 3.63) is 191 Å². The van der Waals surface area contributed by atoms with Crippen LogP contribution in [0.3, 0.4) is 0 Å². The number of aliphatic carboxylic acids is 3. The van der Waals surface area contributed by atoms with Gasteiger partial charge in [0.15, 0.2) is 16.8 Å². The standard InChI is InChI=1S/C22H23F3O6.C22H23F3O5.C21H23ClO5/c1-14(12-28-16-5-7-17(8-6-16)30-22(23,24)25)13-29-18-9-10-19(15(2)11-18)31-21(3,4)20(26)27;1-14(12-28-17-7-5-16(6-8-17)22(23,24)25)13-29-18-9-10-19(15(2)11-18)30-21(3,4)20(26)27;1-14(12-25-17-7-5-16(22)6-8-17)13-26-18-9-10-19(15(2)11-18)27-21(3,4)20(23)24/h5-11H,1,12-13H2,2-4H3,(H,26,27);5-11H,1,12-13H2,2-4H3,(H,26,27);5-11H,1,12-13H2,2-4H3,(H,23,24). The minimum Gasteiger partial charge on any atom is -0.489 e. The van der Waals surface area contributed by atoms with Gasteiger partial charge >= 0.3 is 30.4 Å². The number of alkyl halides is 6. The van der Waals surface area contributed by atoms with Crippen LogP contribution >= 0.6 is 11.6 Å². The highest BCUT2D eigenvalue weighted by atomic mass is 35.5. The number of halogens is 7. The predicted octanol–water partition coefficient (Wildman–Crippen LogP) is 15.3. The molecule has 0 aromatic heterocycles. The van der Waals surface area contributed by atoms with Crippen LogP contribution in [0.1, 0.15) is 63.8 Å². The maximum atomic E-state index is 12.6. The van der Waals surface area contributed by atoms with Gasteiger partial charge in [0.1, 0.15) is 97.1 Å². The van der Waals surface area contributed by atoms with Gasteiger partial charge < -0.3 is 62.7 Å². The lowest BCUT2D eigenvalue weighted by Gasteiger charge is -2.23. The first-order valence-corrected chi connectivity index (χ1v) is 26.9. The van der Waals surface area contributed by atoms with Crippen molar-refractivity contribution in [1.82, 2.24) is 0 Å². The summed E-state index contributed by atoms with van der Waals surface area (Å²) in [6.45, 7) is 26.9. The van der Waals surface area contributed by atoms with E-state index in [1.165, 1.54) is 65.8 Å². The van der Waals surface area contributed by atoms with Gasteiger partial charge in [0, 0.05) is 5.02 Å². The molecule has 6 aromatic carbocycles. The molecule has 0 spiro atoms. The van der Waals surface area contributed by atoms with E-state index in [1.807, 2.05) is 6.92 Å². The molecule has 23 heteroatoms. The molecule has 6 aromatic rings. The second-order valence-corrected chi connectivity index (χ2v) is 21.4. The molecule has 0 saturated carbocycles. The zero-order valence-corrected chi connectivity index (χ0v) is 50.5. The zero-order valence-electron chi connectivity index (χ0n) is 49.8. The molecule has 0 aliphatic heterocycles. The molecule has 474 valence electrons. The minimum atomic E-state index is -4.75. The molecule has 6 rings (SSSR count). The Balaban J connectivity index is 0.000000283. The summed E-state index contributed by atoms with van der Waals surface area (Å²) in [5.74, 6) is 0.903. The number of benzene rings is 6. The van der Waals surface area contributed by atoms with Crippen molar-refractivity contribution >= 4 is 29.5 Å². The van der Waals surface area contributed by atoms with Crippen LogP contribution in [0.15, 0.2) is 164 Å². The highest BCUT2D eigenvalue weighted by molar-refractivity contribution is 6.30. The number of aryl methyl sites for hydroxylation is 3. The topological polar surface area (TPSA) is 204 Å². The van der Waals surface area contributed by atoms with Crippen molar-refractivity contribution in [3.8, 4) is 57.5 Å². The summed E-state index contributed by atoms with van der Waals surface area (Å²) in [4.78, 5) is 33.6. The van der Waals surface area contributed by atoms with E-state index >= 15 is 0 Å². The smallest absolute Gasteiger partial charge is 0.489 e. The number of ether oxygens (including phenoxy) is 10. The SMILES string of the molecule is C=C(COc1ccc(C(F)(F)F)cc1)COc1ccc(OC(C)(C)C(=O)O)c(C)c1.C=C(COc1ccc(Cl)cc1)COc1ccc(OC(C)(C)C(=O)O)c(C)c1.C=C(COc1ccc(OC(F)(F)F)cc1)COc1ccc(OC(C)(C)C(=O)O)c(C)c1. The van der Waals surface area contributed by atoms with E-state index in [9.17, 15) is 40.7 Å². The van der Waals surface area contributed by atoms with Gasteiger partial charge in [0.25, 0.3) is 0 Å². The fourth-order valence-corrected chi connectivity index (χ4v) is 6.81. The predicted molar refractivity (Wildman–Crippen MR) is 317 cm³/mol. The quantitative estimate of drug-likeness (QED) is 0.0309. The second kappa shape index (κ2) is 31.5. The van der Waals surface area contributed by atoms with Crippen LogP contribution in [-0.2, 0) is 20.6 Å². The Bertz CT molecular complexity index is 3340. The van der Waals surface area contributed by atoms with E-state index in [0.29, 0.717) is 92.3 Å². The van der Waals surface area contributed by atoms with Crippen molar-refractivity contribution in [3.63, 3.8) is 0 Å². The Hall–Kier alpha value is -9.18. The van der Waals surface area contributed by atoms with Gasteiger partial charge in [0.2, 0.25) is 0 Å². The van der Waals surface area contributed by atoms with Crippen molar-refractivity contribution in [1.29, 1.82) is 0 Å². The van der Waals surface area contributed by atoms with Gasteiger partial charge in [-0.25, -0.2) is 14.4 Å². The zero-order chi connectivity index (χ0) is 65.8. The van der Waals surface area contributed by atoms with Gasteiger partial charge in [-0.1, -0.05) is 31.3 Å². The van der Waals surface area contributed by atoms with Crippen LogP contribution in [0.25, 0.3) is 0 Å². The monoisotopic (exact) mass is 1250 g/mol. The minimum absolute atomic E-state index is 0.0817. The van der Waals surface area contributed by atoms with Crippen LogP contribution < -0.4 is 47.4 Å². The third kappa shape index (κ3) is 24.7. The van der Waals surface area contributed by atoms with Crippen LogP contribution in [-0.4, -0.2) is 96.0 Å². The third-order valence-electron chi connectivity index (χ3n) is 11.8. The number of hydrogen-bond acceptors (Lipinski definition) is 13. The molecule has 0 aliphatic rings. The van der Waals surface area contributed by atoms with E-state index in [1.54, 1.807) is 92.7 Å². The highest BCUT2D eigenvalue weighted by Crippen LogP contribution is 2.33. The van der Waals surface area contributed by atoms with E-state index in [2.05, 4.69) is 24.5 Å². The van der Waals surface area contributed by atoms with Crippen LogP contribution in [0.5, 0.6) is 57.5 Å². The first-order chi connectivity index (χ1) is 40.9. The number of rotatable bonds is 28. The summed E-state index contributed by atoms with van der Waals surface area (Å²) in [7, 11) is 0. The summed E-state index contributed by atoms with van der Waals surface area (Å²) >= 11 is 5.84. The molecular weight excluding hydrogens is 1190 g/mol. The first-order valence-electron chi connectivity index (χ1n) is 26.6. The van der Waals surface area contributed by atoms with Crippen LogP contribution in [0.2, 0.25) is 5.02 Å². The fraction of sp³-hybridized carbons (Fsp3) is 0.308. The molecule has 16 nitrogen and oxygen atoms in total. The molecule has 0 heterocycles. The van der Waals surface area contributed by atoms with E-state index in [4.69, 9.17) is 69.6 Å². The maximum absolute atomic E-state index is 12.6. The van der Waals surface area contributed by atoms with Crippen molar-refractivity contribution in [2.45, 2.75) is 91.7 Å². The lowest BCUT2D eigenvalue weighted by Crippen LogP contribution is -2.38. The third-order valence-corrected chi connectivity index (χ3v) is 12.0. The van der Waals surface area contributed by atoms with Gasteiger partial charge in [-0.05, 0) is 223 Å². The Kier molecular flexibility index (Phi) is 25.5. The molecule has 0 saturated heterocycles. The van der Waals surface area contributed by atoms with Crippen LogP contribution in [0, 0.1) is 20.8 Å². The first kappa shape index (κ1) is 71.3. The summed E-state index contributed by atoms with van der Waals surface area (Å²) in [5, 5.41) is 28.1. The van der Waals surface area contributed by atoms with Crippen molar-refractivity contribution < 1.29 is 103 Å². The number of hydrogen-bond donors (Lipinski definition) is 3. The molecule has 0 amide bonds. The fourth-order valence-electron chi connectivity index (χ4n) is 6.68. The average molecular weight is 1260 g/mol. The largest absolute Gasteiger partial charge is 0.573 e. The Morgan fingerprint density at radius 3 is 0.875 bits per heavy atom. The van der Waals surface area contributed by atoms with E-state index in [-0.39, 0.29) is 32.2 Å². The molecule has 88 heavy (non-hydrogen) atoms. The molecule has 0 bridgehead atoms. The Morgan fingerprint density at radius 2 is 0.625 bits per heavy atom. The number of carbonyl (C=O) groups is 3. The summed E-state index contributed by atoms with van der Waals surface area (Å²) < 4.78 is 128. The summed E-state index contributed by atoms with van der Waals surface area (Å²) in [5.41, 5.74) is -0.636. The molecule has 3 N–H and O–H groups in total. The average Bonchev–Trinajstić information content (AvgIpc) is 3.65. The van der Waals surface area contributed by atoms with Gasteiger partial charge in [-0.3, -0.25) is 0 Å². The second-order valence-electron chi connectivity index (χ2n) is 21.0.